The van der Waals surface area contributed by atoms with Gasteiger partial charge in [0.1, 0.15) is 11.5 Å². The maximum atomic E-state index is 11.8. The summed E-state index contributed by atoms with van der Waals surface area (Å²) in [6.07, 6.45) is -5.43. The smallest absolute Gasteiger partial charge is 0.384 e. The van der Waals surface area contributed by atoms with Crippen molar-refractivity contribution in [3.05, 3.63) is 22.8 Å². The lowest BCUT2D eigenvalue weighted by atomic mass is 10.3. The summed E-state index contributed by atoms with van der Waals surface area (Å²) in [5.41, 5.74) is 5.15. The number of hydrogen-bond acceptors (Lipinski definition) is 3. The van der Waals surface area contributed by atoms with E-state index in [-0.39, 0.29) is 16.5 Å². The van der Waals surface area contributed by atoms with Crippen molar-refractivity contribution in [2.75, 3.05) is 12.3 Å². The molecule has 1 amide bonds. The van der Waals surface area contributed by atoms with Crippen molar-refractivity contribution in [3.63, 3.8) is 0 Å². The Kier molecular flexibility index (Phi) is 4.17. The van der Waals surface area contributed by atoms with Crippen molar-refractivity contribution in [2.24, 2.45) is 0 Å². The number of anilines is 1. The molecule has 0 aliphatic carbocycles. The first kappa shape index (κ1) is 13.6. The number of halogens is 4. The van der Waals surface area contributed by atoms with E-state index in [4.69, 9.17) is 17.3 Å². The maximum Gasteiger partial charge on any atom is 0.390 e. The molecule has 0 aromatic carbocycles. The van der Waals surface area contributed by atoms with Gasteiger partial charge in [-0.25, -0.2) is 4.98 Å². The van der Waals surface area contributed by atoms with Crippen LogP contribution < -0.4 is 11.1 Å². The van der Waals surface area contributed by atoms with Gasteiger partial charge in [0, 0.05) is 6.54 Å². The summed E-state index contributed by atoms with van der Waals surface area (Å²) in [7, 11) is 0. The van der Waals surface area contributed by atoms with Crippen molar-refractivity contribution >= 4 is 23.3 Å². The van der Waals surface area contributed by atoms with Gasteiger partial charge in [-0.3, -0.25) is 4.79 Å². The van der Waals surface area contributed by atoms with Gasteiger partial charge in [0.05, 0.1) is 11.4 Å². The number of alkyl halides is 3. The van der Waals surface area contributed by atoms with Gasteiger partial charge in [-0.1, -0.05) is 11.6 Å². The van der Waals surface area contributed by atoms with Crippen molar-refractivity contribution in [1.82, 2.24) is 10.3 Å². The Hall–Kier alpha value is -1.50. The molecule has 94 valence electrons. The molecule has 1 aromatic heterocycles. The monoisotopic (exact) mass is 267 g/mol. The third kappa shape index (κ3) is 4.48. The summed E-state index contributed by atoms with van der Waals surface area (Å²) >= 11 is 5.66. The minimum Gasteiger partial charge on any atom is -0.384 e. The zero-order chi connectivity index (χ0) is 13.1. The number of pyridine rings is 1. The molecule has 0 aliphatic heterocycles. The summed E-state index contributed by atoms with van der Waals surface area (Å²) in [5, 5.41) is 2.09. The van der Waals surface area contributed by atoms with Crippen LogP contribution in [0, 0.1) is 0 Å². The number of carbonyl (C=O) groups is 1. The number of nitrogens with two attached hydrogens (primary N) is 1. The van der Waals surface area contributed by atoms with Gasteiger partial charge in [0.2, 0.25) is 0 Å². The van der Waals surface area contributed by atoms with Crippen LogP contribution >= 0.6 is 11.6 Å². The largest absolute Gasteiger partial charge is 0.390 e. The van der Waals surface area contributed by atoms with E-state index in [0.29, 0.717) is 0 Å². The van der Waals surface area contributed by atoms with Crippen LogP contribution in [0.3, 0.4) is 0 Å². The molecular weight excluding hydrogens is 259 g/mol. The third-order valence-corrected chi connectivity index (χ3v) is 2.08. The zero-order valence-electron chi connectivity index (χ0n) is 8.51. The normalized spacial score (nSPS) is 11.3. The standard InChI is InChI=1S/C9H9ClF3N3O/c10-5-1-2-6(14)16-7(5)8(17)15-4-3-9(11,12)13/h1-2H,3-4H2,(H2,14,16)(H,15,17). The van der Waals surface area contributed by atoms with Crippen molar-refractivity contribution in [2.45, 2.75) is 12.6 Å². The fraction of sp³-hybridized carbons (Fsp3) is 0.333. The summed E-state index contributed by atoms with van der Waals surface area (Å²) in [6.45, 7) is -0.533. The van der Waals surface area contributed by atoms with Gasteiger partial charge in [0.15, 0.2) is 0 Å². The number of carbonyl (C=O) groups excluding carboxylic acids is 1. The molecule has 3 N–H and O–H groups in total. The number of aromatic nitrogens is 1. The van der Waals surface area contributed by atoms with Gasteiger partial charge in [0.25, 0.3) is 5.91 Å². The molecule has 0 saturated carbocycles. The predicted octanol–water partition coefficient (Wildman–Crippen LogP) is 2.00. The quantitative estimate of drug-likeness (QED) is 0.880. The van der Waals surface area contributed by atoms with Crippen LogP contribution in [-0.4, -0.2) is 23.6 Å². The summed E-state index contributed by atoms with van der Waals surface area (Å²) in [4.78, 5) is 15.1. The molecule has 1 rings (SSSR count). The van der Waals surface area contributed by atoms with Crippen LogP contribution in [-0.2, 0) is 0 Å². The summed E-state index contributed by atoms with van der Waals surface area (Å²) in [5.74, 6) is -0.720. The molecule has 0 saturated heterocycles. The van der Waals surface area contributed by atoms with Crippen LogP contribution in [0.5, 0.6) is 0 Å². The molecule has 4 nitrogen and oxygen atoms in total. The molecule has 0 atom stereocenters. The first-order valence-corrected chi connectivity index (χ1v) is 4.94. The second kappa shape index (κ2) is 5.22. The number of nitrogen functional groups attached to an aromatic ring is 1. The zero-order valence-corrected chi connectivity index (χ0v) is 9.27. The molecule has 8 heteroatoms. The van der Waals surface area contributed by atoms with Gasteiger partial charge in [-0.2, -0.15) is 13.2 Å². The van der Waals surface area contributed by atoms with E-state index < -0.39 is 25.0 Å². The third-order valence-electron chi connectivity index (χ3n) is 1.78. The van der Waals surface area contributed by atoms with E-state index in [1.165, 1.54) is 12.1 Å². The van der Waals surface area contributed by atoms with Crippen molar-refractivity contribution < 1.29 is 18.0 Å². The number of nitrogens with zero attached hydrogens (tertiary/aromatic N) is 1. The second-order valence-electron chi connectivity index (χ2n) is 3.19. The number of amides is 1. The first-order valence-electron chi connectivity index (χ1n) is 4.56. The summed E-state index contributed by atoms with van der Waals surface area (Å²) in [6, 6.07) is 2.73. The lowest BCUT2D eigenvalue weighted by Crippen LogP contribution is -2.29. The molecule has 17 heavy (non-hydrogen) atoms. The SMILES string of the molecule is Nc1ccc(Cl)c(C(=O)NCCC(F)(F)F)n1. The van der Waals surface area contributed by atoms with Gasteiger partial charge < -0.3 is 11.1 Å². The van der Waals surface area contributed by atoms with Gasteiger partial charge in [-0.15, -0.1) is 0 Å². The van der Waals surface area contributed by atoms with Crippen LogP contribution in [0.25, 0.3) is 0 Å². The average Bonchev–Trinajstić information content (AvgIpc) is 2.19. The molecule has 0 aliphatic rings. The van der Waals surface area contributed by atoms with Gasteiger partial charge >= 0.3 is 6.18 Å². The summed E-state index contributed by atoms with van der Waals surface area (Å²) < 4.78 is 35.5. The highest BCUT2D eigenvalue weighted by Gasteiger charge is 2.26. The molecule has 0 spiro atoms. The molecule has 0 fully saturated rings. The van der Waals surface area contributed by atoms with E-state index in [1.54, 1.807) is 0 Å². The number of nitrogens with one attached hydrogen (secondary N) is 1. The highest BCUT2D eigenvalue weighted by Crippen LogP contribution is 2.19. The van der Waals surface area contributed by atoms with Crippen molar-refractivity contribution in [1.29, 1.82) is 0 Å². The Labute approximate surface area is 100.0 Å². The van der Waals surface area contributed by atoms with Crippen LogP contribution in [0.15, 0.2) is 12.1 Å². The van der Waals surface area contributed by atoms with Gasteiger partial charge in [-0.05, 0) is 12.1 Å². The molecule has 0 radical (unpaired) electrons. The van der Waals surface area contributed by atoms with E-state index in [2.05, 4.69) is 10.3 Å². The predicted molar refractivity (Wildman–Crippen MR) is 56.7 cm³/mol. The van der Waals surface area contributed by atoms with E-state index in [0.717, 1.165) is 0 Å². The number of rotatable bonds is 3. The Morgan fingerprint density at radius 1 is 1.47 bits per heavy atom. The maximum absolute atomic E-state index is 11.8. The second-order valence-corrected chi connectivity index (χ2v) is 3.59. The van der Waals surface area contributed by atoms with Crippen LogP contribution in [0.1, 0.15) is 16.9 Å². The molecule has 1 heterocycles. The lowest BCUT2D eigenvalue weighted by molar-refractivity contribution is -0.132. The van der Waals surface area contributed by atoms with E-state index in [9.17, 15) is 18.0 Å². The minimum absolute atomic E-state index is 0.0312. The number of hydrogen-bond donors (Lipinski definition) is 2. The fourth-order valence-corrected chi connectivity index (χ4v) is 1.21. The molecule has 1 aromatic rings. The van der Waals surface area contributed by atoms with Crippen LogP contribution in [0.4, 0.5) is 19.0 Å². The highest BCUT2D eigenvalue weighted by molar-refractivity contribution is 6.33. The van der Waals surface area contributed by atoms with Crippen LogP contribution in [0.2, 0.25) is 5.02 Å². The first-order chi connectivity index (χ1) is 7.79. The Balaban J connectivity index is 2.61. The average molecular weight is 268 g/mol. The fourth-order valence-electron chi connectivity index (χ4n) is 1.02. The Morgan fingerprint density at radius 2 is 2.12 bits per heavy atom. The highest BCUT2D eigenvalue weighted by atomic mass is 35.5. The minimum atomic E-state index is -4.32. The molecule has 0 unspecified atom stereocenters. The van der Waals surface area contributed by atoms with E-state index in [1.807, 2.05) is 0 Å². The van der Waals surface area contributed by atoms with E-state index >= 15 is 0 Å². The Morgan fingerprint density at radius 3 is 2.71 bits per heavy atom. The van der Waals surface area contributed by atoms with Crippen molar-refractivity contribution in [3.8, 4) is 0 Å². The topological polar surface area (TPSA) is 68.0 Å². The molecular formula is C9H9ClF3N3O. The lowest BCUT2D eigenvalue weighted by Gasteiger charge is -2.08. The Bertz CT molecular complexity index is 422. The molecule has 0 bridgehead atoms.